The molecule has 0 aromatic carbocycles. The second-order valence-electron chi connectivity index (χ2n) is 7.91. The number of nitrogens with one attached hydrogen (secondary N) is 1. The lowest BCUT2D eigenvalue weighted by Crippen LogP contribution is -2.21. The Morgan fingerprint density at radius 3 is 2.63 bits per heavy atom. The number of amides is 1. The van der Waals surface area contributed by atoms with Crippen molar-refractivity contribution in [3.05, 3.63) is 65.8 Å². The molecule has 0 fully saturated rings. The molecule has 13 heteroatoms. The van der Waals surface area contributed by atoms with Gasteiger partial charge in [0.15, 0.2) is 11.5 Å². The van der Waals surface area contributed by atoms with Crippen LogP contribution in [0.4, 0.5) is 18.9 Å². The van der Waals surface area contributed by atoms with Gasteiger partial charge in [0.05, 0.1) is 30.1 Å². The molecule has 0 aliphatic carbocycles. The van der Waals surface area contributed by atoms with E-state index in [-0.39, 0.29) is 35.2 Å². The van der Waals surface area contributed by atoms with Gasteiger partial charge in [-0.1, -0.05) is 0 Å². The molecule has 0 aliphatic heterocycles. The average Bonchev–Trinajstić information content (AvgIpc) is 3.39. The Labute approximate surface area is 196 Å². The number of aliphatic hydroxyl groups excluding tert-OH is 1. The number of halogens is 3. The monoisotopic (exact) mass is 487 g/mol. The fraction of sp³-hybridized carbons (Fsp3) is 0.273. The van der Waals surface area contributed by atoms with E-state index in [1.807, 2.05) is 0 Å². The predicted octanol–water partition coefficient (Wildman–Crippen LogP) is 2.77. The first-order valence-corrected chi connectivity index (χ1v) is 10.4. The number of rotatable bonds is 7. The molecule has 1 amide bonds. The maximum Gasteiger partial charge on any atom is 0.435 e. The topological polar surface area (TPSA) is 128 Å². The summed E-state index contributed by atoms with van der Waals surface area (Å²) in [7, 11) is 0. The van der Waals surface area contributed by atoms with Crippen LogP contribution in [0.2, 0.25) is 0 Å². The number of aromatic nitrogens is 6. The van der Waals surface area contributed by atoms with Crippen LogP contribution in [0.1, 0.15) is 40.3 Å². The van der Waals surface area contributed by atoms with E-state index < -0.39 is 30.1 Å². The Morgan fingerprint density at radius 2 is 1.94 bits per heavy atom. The summed E-state index contributed by atoms with van der Waals surface area (Å²) in [5, 5.41) is 16.0. The quantitative estimate of drug-likeness (QED) is 0.384. The molecule has 4 rings (SSSR count). The second-order valence-corrected chi connectivity index (χ2v) is 7.91. The number of fused-ring (bicyclic) bond motifs is 1. The Morgan fingerprint density at radius 1 is 1.17 bits per heavy atom. The number of hydrogen-bond acceptors (Lipinski definition) is 7. The van der Waals surface area contributed by atoms with E-state index in [4.69, 9.17) is 0 Å². The molecule has 4 aromatic heterocycles. The van der Waals surface area contributed by atoms with Crippen LogP contribution in [-0.4, -0.2) is 52.7 Å². The molecule has 4 aromatic rings. The van der Waals surface area contributed by atoms with E-state index >= 15 is 0 Å². The lowest BCUT2D eigenvalue weighted by Gasteiger charge is -2.10. The van der Waals surface area contributed by atoms with E-state index in [1.165, 1.54) is 37.9 Å². The predicted molar refractivity (Wildman–Crippen MR) is 118 cm³/mol. The zero-order valence-electron chi connectivity index (χ0n) is 18.6. The van der Waals surface area contributed by atoms with Gasteiger partial charge in [-0.2, -0.15) is 18.3 Å². The summed E-state index contributed by atoms with van der Waals surface area (Å²) in [6.07, 6.45) is 2.44. The van der Waals surface area contributed by atoms with E-state index in [0.29, 0.717) is 11.0 Å². The van der Waals surface area contributed by atoms with Crippen LogP contribution in [0.3, 0.4) is 0 Å². The molecule has 4 heterocycles. The number of carbonyl (C=O) groups is 2. The normalized spacial score (nSPS) is 12.6. The fourth-order valence-electron chi connectivity index (χ4n) is 3.53. The van der Waals surface area contributed by atoms with Crippen LogP contribution < -0.4 is 5.32 Å². The summed E-state index contributed by atoms with van der Waals surface area (Å²) in [5.74, 6) is -1.05. The van der Waals surface area contributed by atoms with Crippen LogP contribution in [-0.2, 0) is 17.5 Å². The molecule has 35 heavy (non-hydrogen) atoms. The highest BCUT2D eigenvalue weighted by Crippen LogP contribution is 2.28. The molecule has 0 unspecified atom stereocenters. The molecule has 182 valence electrons. The van der Waals surface area contributed by atoms with Gasteiger partial charge in [0.1, 0.15) is 18.5 Å². The van der Waals surface area contributed by atoms with Gasteiger partial charge >= 0.3 is 6.18 Å². The number of pyridine rings is 1. The van der Waals surface area contributed by atoms with Gasteiger partial charge in [-0.3, -0.25) is 19.3 Å². The fourth-order valence-corrected chi connectivity index (χ4v) is 3.53. The maximum atomic E-state index is 13.3. The Bertz CT molecular complexity index is 1410. The van der Waals surface area contributed by atoms with E-state index in [9.17, 15) is 27.9 Å². The van der Waals surface area contributed by atoms with Crippen LogP contribution in [0, 0.1) is 6.92 Å². The molecule has 1 atom stereocenters. The Kier molecular flexibility index (Phi) is 6.35. The van der Waals surface area contributed by atoms with Gasteiger partial charge in [-0.15, -0.1) is 0 Å². The maximum absolute atomic E-state index is 13.3. The third-order valence-electron chi connectivity index (χ3n) is 5.33. The van der Waals surface area contributed by atoms with Gasteiger partial charge < -0.3 is 15.0 Å². The van der Waals surface area contributed by atoms with Gasteiger partial charge in [-0.05, 0) is 26.0 Å². The summed E-state index contributed by atoms with van der Waals surface area (Å²) in [5.41, 5.74) is 0.205. The SMILES string of the molecule is Cc1cc(C(F)(F)F)nn1CC(=O)Nc1cncc(C(=O)c2cn([C@H](C)CO)c3ncncc23)c1. The Hall–Kier alpha value is -4.13. The number of anilines is 1. The summed E-state index contributed by atoms with van der Waals surface area (Å²) in [4.78, 5) is 37.9. The first kappa shape index (κ1) is 24.0. The third-order valence-corrected chi connectivity index (χ3v) is 5.33. The number of carbonyl (C=O) groups excluding carboxylic acids is 2. The standard InChI is InChI=1S/C22H20F3N7O3/c1-12-3-18(22(23,24)25)30-32(12)9-19(34)29-15-4-14(5-26-6-15)20(35)17-8-31(13(2)10-33)21-16(17)7-27-11-28-21/h3-8,11,13,33H,9-10H2,1-2H3,(H,29,34)/t13-/m1/s1. The van der Waals surface area contributed by atoms with Crippen molar-refractivity contribution in [2.45, 2.75) is 32.6 Å². The molecule has 10 nitrogen and oxygen atoms in total. The van der Waals surface area contributed by atoms with Crippen molar-refractivity contribution in [2.75, 3.05) is 11.9 Å². The van der Waals surface area contributed by atoms with Gasteiger partial charge in [-0.25, -0.2) is 9.97 Å². The van der Waals surface area contributed by atoms with Crippen molar-refractivity contribution >= 4 is 28.4 Å². The van der Waals surface area contributed by atoms with Crippen LogP contribution in [0.25, 0.3) is 11.0 Å². The minimum absolute atomic E-state index is 0.162. The minimum atomic E-state index is -4.62. The number of aryl methyl sites for hydroxylation is 1. The third kappa shape index (κ3) is 4.89. The van der Waals surface area contributed by atoms with Gasteiger partial charge in [0, 0.05) is 35.2 Å². The highest BCUT2D eigenvalue weighted by Gasteiger charge is 2.34. The van der Waals surface area contributed by atoms with Crippen molar-refractivity contribution < 1.29 is 27.9 Å². The molecular formula is C22H20F3N7O3. The highest BCUT2D eigenvalue weighted by molar-refractivity contribution is 6.16. The number of ketones is 1. The first-order valence-electron chi connectivity index (χ1n) is 10.4. The second kappa shape index (κ2) is 9.25. The lowest BCUT2D eigenvalue weighted by molar-refractivity contribution is -0.141. The average molecular weight is 487 g/mol. The zero-order valence-corrected chi connectivity index (χ0v) is 18.6. The molecule has 0 radical (unpaired) electrons. The summed E-state index contributed by atoms with van der Waals surface area (Å²) in [6.45, 7) is 2.56. The number of nitrogens with zero attached hydrogens (tertiary/aromatic N) is 6. The molecule has 0 saturated carbocycles. The minimum Gasteiger partial charge on any atom is -0.394 e. The molecule has 0 bridgehead atoms. The van der Waals surface area contributed by atoms with Crippen LogP contribution >= 0.6 is 0 Å². The Balaban J connectivity index is 1.56. The number of alkyl halides is 3. The van der Waals surface area contributed by atoms with E-state index in [1.54, 1.807) is 17.7 Å². The van der Waals surface area contributed by atoms with Crippen LogP contribution in [0.15, 0.2) is 43.2 Å². The van der Waals surface area contributed by atoms with Gasteiger partial charge in [0.2, 0.25) is 5.91 Å². The summed E-state index contributed by atoms with van der Waals surface area (Å²) < 4.78 is 41.2. The van der Waals surface area contributed by atoms with Crippen molar-refractivity contribution in [3.8, 4) is 0 Å². The van der Waals surface area contributed by atoms with Crippen molar-refractivity contribution in [2.24, 2.45) is 0 Å². The smallest absolute Gasteiger partial charge is 0.394 e. The zero-order chi connectivity index (χ0) is 25.3. The first-order chi connectivity index (χ1) is 16.6. The van der Waals surface area contributed by atoms with Gasteiger partial charge in [0.25, 0.3) is 0 Å². The summed E-state index contributed by atoms with van der Waals surface area (Å²) >= 11 is 0. The molecule has 0 spiro atoms. The van der Waals surface area contributed by atoms with Crippen molar-refractivity contribution in [1.82, 2.24) is 29.3 Å². The number of hydrogen-bond donors (Lipinski definition) is 2. The highest BCUT2D eigenvalue weighted by atomic mass is 19.4. The lowest BCUT2D eigenvalue weighted by atomic mass is 10.1. The van der Waals surface area contributed by atoms with E-state index in [0.717, 1.165) is 10.7 Å². The van der Waals surface area contributed by atoms with E-state index in [2.05, 4.69) is 25.4 Å². The van der Waals surface area contributed by atoms with Crippen molar-refractivity contribution in [3.63, 3.8) is 0 Å². The molecule has 0 aliphatic rings. The molecule has 2 N–H and O–H groups in total. The summed E-state index contributed by atoms with van der Waals surface area (Å²) in [6, 6.07) is 1.93. The molecule has 0 saturated heterocycles. The molecular weight excluding hydrogens is 467 g/mol. The van der Waals surface area contributed by atoms with Crippen molar-refractivity contribution in [1.29, 1.82) is 0 Å². The van der Waals surface area contributed by atoms with Crippen LogP contribution in [0.5, 0.6) is 0 Å². The largest absolute Gasteiger partial charge is 0.435 e. The number of aliphatic hydroxyl groups is 1.